The summed E-state index contributed by atoms with van der Waals surface area (Å²) in [7, 11) is 1.60. The van der Waals surface area contributed by atoms with Crippen LogP contribution in [0.25, 0.3) is 0 Å². The van der Waals surface area contributed by atoms with Gasteiger partial charge in [-0.25, -0.2) is 0 Å². The van der Waals surface area contributed by atoms with Gasteiger partial charge >= 0.3 is 0 Å². The van der Waals surface area contributed by atoms with Crippen molar-refractivity contribution in [3.05, 3.63) is 28.2 Å². The predicted octanol–water partition coefficient (Wildman–Crippen LogP) is 2.37. The quantitative estimate of drug-likeness (QED) is 0.901. The fraction of sp³-hybridized carbons (Fsp3) is 0.300. The molecule has 2 N–H and O–H groups in total. The van der Waals surface area contributed by atoms with E-state index in [-0.39, 0.29) is 6.04 Å². The van der Waals surface area contributed by atoms with Crippen LogP contribution in [0.4, 0.5) is 0 Å². The molecule has 1 aromatic rings. The average Bonchev–Trinajstić information content (AvgIpc) is 2.19. The molecule has 1 aromatic carbocycles. The van der Waals surface area contributed by atoms with Gasteiger partial charge in [-0.1, -0.05) is 15.9 Å². The Morgan fingerprint density at radius 1 is 1.64 bits per heavy atom. The van der Waals surface area contributed by atoms with Gasteiger partial charge in [0, 0.05) is 10.5 Å². The number of ether oxygens (including phenoxy) is 1. The predicted molar refractivity (Wildman–Crippen MR) is 57.9 cm³/mol. The maximum atomic E-state index is 8.54. The van der Waals surface area contributed by atoms with Crippen LogP contribution < -0.4 is 10.5 Å². The largest absolute Gasteiger partial charge is 0.497 e. The molecule has 0 spiro atoms. The van der Waals surface area contributed by atoms with Crippen LogP contribution in [0.1, 0.15) is 18.0 Å². The van der Waals surface area contributed by atoms with Crippen molar-refractivity contribution in [2.75, 3.05) is 7.11 Å². The Morgan fingerprint density at radius 2 is 2.36 bits per heavy atom. The van der Waals surface area contributed by atoms with Crippen LogP contribution in [0, 0.1) is 11.3 Å². The fourth-order valence-corrected chi connectivity index (χ4v) is 1.68. The van der Waals surface area contributed by atoms with Crippen LogP contribution in [-0.2, 0) is 0 Å². The van der Waals surface area contributed by atoms with E-state index in [1.54, 1.807) is 7.11 Å². The highest BCUT2D eigenvalue weighted by Crippen LogP contribution is 2.27. The molecule has 0 heterocycles. The van der Waals surface area contributed by atoms with Gasteiger partial charge in [-0.3, -0.25) is 0 Å². The lowest BCUT2D eigenvalue weighted by Gasteiger charge is -2.11. The summed E-state index contributed by atoms with van der Waals surface area (Å²) in [5.74, 6) is 0.747. The number of nitriles is 1. The van der Waals surface area contributed by atoms with Crippen LogP contribution >= 0.6 is 15.9 Å². The van der Waals surface area contributed by atoms with Gasteiger partial charge in [-0.2, -0.15) is 5.26 Å². The zero-order valence-corrected chi connectivity index (χ0v) is 9.41. The monoisotopic (exact) mass is 254 g/mol. The Hall–Kier alpha value is -1.05. The second-order valence-electron chi connectivity index (χ2n) is 2.86. The molecule has 1 atom stereocenters. The molecule has 0 saturated heterocycles. The molecule has 0 aliphatic rings. The molecule has 0 unspecified atom stereocenters. The summed E-state index contributed by atoms with van der Waals surface area (Å²) in [4.78, 5) is 0. The third kappa shape index (κ3) is 2.47. The smallest absolute Gasteiger partial charge is 0.119 e. The molecule has 14 heavy (non-hydrogen) atoms. The van der Waals surface area contributed by atoms with E-state index in [9.17, 15) is 0 Å². The van der Waals surface area contributed by atoms with E-state index in [1.807, 2.05) is 24.3 Å². The summed E-state index contributed by atoms with van der Waals surface area (Å²) in [5.41, 5.74) is 6.72. The van der Waals surface area contributed by atoms with E-state index in [0.29, 0.717) is 6.42 Å². The molecule has 0 fully saturated rings. The second-order valence-corrected chi connectivity index (χ2v) is 3.71. The normalized spacial score (nSPS) is 11.9. The fourth-order valence-electron chi connectivity index (χ4n) is 1.14. The lowest BCUT2D eigenvalue weighted by atomic mass is 10.1. The van der Waals surface area contributed by atoms with E-state index in [2.05, 4.69) is 15.9 Å². The molecular formula is C10H11BrN2O. The van der Waals surface area contributed by atoms with Crippen LogP contribution in [0.5, 0.6) is 5.75 Å². The van der Waals surface area contributed by atoms with Crippen molar-refractivity contribution >= 4 is 15.9 Å². The van der Waals surface area contributed by atoms with E-state index < -0.39 is 0 Å². The lowest BCUT2D eigenvalue weighted by molar-refractivity contribution is 0.413. The number of nitrogens with two attached hydrogens (primary N) is 1. The first kappa shape index (κ1) is 11.0. The number of halogens is 1. The Bertz CT molecular complexity index is 360. The molecule has 0 amide bonds. The number of benzene rings is 1. The highest BCUT2D eigenvalue weighted by atomic mass is 79.9. The second kappa shape index (κ2) is 4.99. The highest BCUT2D eigenvalue weighted by molar-refractivity contribution is 9.10. The molecule has 0 aliphatic heterocycles. The van der Waals surface area contributed by atoms with E-state index in [1.165, 1.54) is 0 Å². The van der Waals surface area contributed by atoms with Crippen LogP contribution in [0.15, 0.2) is 22.7 Å². The van der Waals surface area contributed by atoms with E-state index in [4.69, 9.17) is 15.7 Å². The number of hydrogen-bond acceptors (Lipinski definition) is 3. The molecule has 1 rings (SSSR count). The SMILES string of the molecule is COc1ccc(Br)c([C@H](N)CC#N)c1. The Kier molecular flexibility index (Phi) is 3.93. The molecule has 0 bridgehead atoms. The summed E-state index contributed by atoms with van der Waals surface area (Å²) >= 11 is 3.39. The Morgan fingerprint density at radius 3 is 2.93 bits per heavy atom. The summed E-state index contributed by atoms with van der Waals surface area (Å²) in [6.45, 7) is 0. The topological polar surface area (TPSA) is 59.0 Å². The van der Waals surface area contributed by atoms with Gasteiger partial charge in [-0.05, 0) is 23.8 Å². The summed E-state index contributed by atoms with van der Waals surface area (Å²) in [5, 5.41) is 8.54. The van der Waals surface area contributed by atoms with Gasteiger partial charge in [0.25, 0.3) is 0 Å². The molecular weight excluding hydrogens is 244 g/mol. The molecule has 0 radical (unpaired) electrons. The average molecular weight is 255 g/mol. The highest BCUT2D eigenvalue weighted by Gasteiger charge is 2.10. The summed E-state index contributed by atoms with van der Waals surface area (Å²) in [6.07, 6.45) is 0.297. The van der Waals surface area contributed by atoms with Crippen LogP contribution in [-0.4, -0.2) is 7.11 Å². The Balaban J connectivity index is 3.00. The van der Waals surface area contributed by atoms with Crippen LogP contribution in [0.2, 0.25) is 0 Å². The van der Waals surface area contributed by atoms with Crippen molar-refractivity contribution in [3.63, 3.8) is 0 Å². The van der Waals surface area contributed by atoms with Gasteiger partial charge in [0.15, 0.2) is 0 Å². The third-order valence-electron chi connectivity index (χ3n) is 1.91. The minimum Gasteiger partial charge on any atom is -0.497 e. The Labute approximate surface area is 91.6 Å². The molecule has 0 aromatic heterocycles. The molecule has 0 saturated carbocycles. The number of hydrogen-bond donors (Lipinski definition) is 1. The zero-order chi connectivity index (χ0) is 10.6. The van der Waals surface area contributed by atoms with Gasteiger partial charge in [0.1, 0.15) is 5.75 Å². The van der Waals surface area contributed by atoms with Gasteiger partial charge in [0.05, 0.1) is 19.6 Å². The third-order valence-corrected chi connectivity index (χ3v) is 2.64. The lowest BCUT2D eigenvalue weighted by Crippen LogP contribution is -2.10. The van der Waals surface area contributed by atoms with Gasteiger partial charge < -0.3 is 10.5 Å². The zero-order valence-electron chi connectivity index (χ0n) is 7.83. The maximum Gasteiger partial charge on any atom is 0.119 e. The van der Waals surface area contributed by atoms with Crippen LogP contribution in [0.3, 0.4) is 0 Å². The van der Waals surface area contributed by atoms with Crippen molar-refractivity contribution in [2.45, 2.75) is 12.5 Å². The van der Waals surface area contributed by atoms with Gasteiger partial charge in [-0.15, -0.1) is 0 Å². The van der Waals surface area contributed by atoms with Crippen molar-refractivity contribution in [3.8, 4) is 11.8 Å². The standard InChI is InChI=1S/C10H11BrN2O/c1-14-7-2-3-9(11)8(6-7)10(13)4-5-12/h2-3,6,10H,4,13H2,1H3/t10-/m1/s1. The van der Waals surface area contributed by atoms with Crippen molar-refractivity contribution in [1.29, 1.82) is 5.26 Å². The van der Waals surface area contributed by atoms with E-state index >= 15 is 0 Å². The summed E-state index contributed by atoms with van der Waals surface area (Å²) < 4.78 is 5.98. The minimum absolute atomic E-state index is 0.274. The molecule has 3 nitrogen and oxygen atoms in total. The molecule has 74 valence electrons. The number of nitrogens with zero attached hydrogens (tertiary/aromatic N) is 1. The number of rotatable bonds is 3. The molecule has 4 heteroatoms. The van der Waals surface area contributed by atoms with Crippen molar-refractivity contribution in [1.82, 2.24) is 0 Å². The van der Waals surface area contributed by atoms with Gasteiger partial charge in [0.2, 0.25) is 0 Å². The molecule has 0 aliphatic carbocycles. The minimum atomic E-state index is -0.274. The van der Waals surface area contributed by atoms with E-state index in [0.717, 1.165) is 15.8 Å². The van der Waals surface area contributed by atoms with Crippen molar-refractivity contribution in [2.24, 2.45) is 5.73 Å². The first-order chi connectivity index (χ1) is 6.69. The number of methoxy groups -OCH3 is 1. The summed E-state index contributed by atoms with van der Waals surface area (Å²) in [6, 6.07) is 7.32. The van der Waals surface area contributed by atoms with Crippen molar-refractivity contribution < 1.29 is 4.74 Å². The maximum absolute atomic E-state index is 8.54. The first-order valence-corrected chi connectivity index (χ1v) is 4.94. The first-order valence-electron chi connectivity index (χ1n) is 4.15.